The topological polar surface area (TPSA) is 71.3 Å². The molecular weight excluding hydrogens is 256 g/mol. The van der Waals surface area contributed by atoms with Crippen molar-refractivity contribution in [2.75, 3.05) is 13.7 Å². The number of nitriles is 1. The smallest absolute Gasteiger partial charge is 0.325 e. The van der Waals surface area contributed by atoms with Crippen LogP contribution >= 0.6 is 0 Å². The van der Waals surface area contributed by atoms with Crippen molar-refractivity contribution >= 4 is 5.97 Å². The summed E-state index contributed by atoms with van der Waals surface area (Å²) in [6.45, 7) is 0.851. The number of rotatable bonds is 5. The molecule has 0 amide bonds. The molecule has 0 radical (unpaired) electrons. The van der Waals surface area contributed by atoms with Crippen molar-refractivity contribution in [3.05, 3.63) is 35.9 Å². The molecular formula is C15H18N2O3. The first-order valence-electron chi connectivity index (χ1n) is 6.61. The molecule has 1 aliphatic heterocycles. The predicted octanol–water partition coefficient (Wildman–Crippen LogP) is 1.25. The molecule has 1 saturated heterocycles. The van der Waals surface area contributed by atoms with Gasteiger partial charge in [0.05, 0.1) is 12.2 Å². The molecule has 5 heteroatoms. The molecule has 1 aromatic rings. The Morgan fingerprint density at radius 2 is 2.25 bits per heavy atom. The van der Waals surface area contributed by atoms with Crippen LogP contribution in [0.2, 0.25) is 0 Å². The summed E-state index contributed by atoms with van der Waals surface area (Å²) in [5.74, 6) is -1.27. The number of hydrogen-bond donors (Lipinski definition) is 1. The van der Waals surface area contributed by atoms with E-state index in [2.05, 4.69) is 5.32 Å². The normalized spacial score (nSPS) is 23.0. The monoisotopic (exact) mass is 274 g/mol. The number of nitrogens with zero attached hydrogens (tertiary/aromatic N) is 1. The minimum absolute atomic E-state index is 0.0535. The number of esters is 1. The van der Waals surface area contributed by atoms with Crippen molar-refractivity contribution in [1.29, 1.82) is 5.26 Å². The summed E-state index contributed by atoms with van der Waals surface area (Å²) >= 11 is 0. The highest BCUT2D eigenvalue weighted by Gasteiger charge is 2.35. The van der Waals surface area contributed by atoms with Crippen molar-refractivity contribution in [2.24, 2.45) is 5.92 Å². The van der Waals surface area contributed by atoms with Crippen LogP contribution < -0.4 is 5.32 Å². The zero-order chi connectivity index (χ0) is 14.4. The molecule has 1 unspecified atom stereocenters. The summed E-state index contributed by atoms with van der Waals surface area (Å²) in [5.41, 5.74) is 0.909. The highest BCUT2D eigenvalue weighted by atomic mass is 16.5. The van der Waals surface area contributed by atoms with E-state index < -0.39 is 11.9 Å². The fourth-order valence-electron chi connectivity index (χ4n) is 2.29. The number of nitrogens with one attached hydrogen (secondary N) is 1. The predicted molar refractivity (Wildman–Crippen MR) is 72.5 cm³/mol. The lowest BCUT2D eigenvalue weighted by Crippen LogP contribution is -2.35. The van der Waals surface area contributed by atoms with Crippen molar-refractivity contribution in [2.45, 2.75) is 25.2 Å². The van der Waals surface area contributed by atoms with E-state index in [-0.39, 0.29) is 18.8 Å². The van der Waals surface area contributed by atoms with E-state index in [4.69, 9.17) is 9.47 Å². The van der Waals surface area contributed by atoms with Crippen LogP contribution in [0.4, 0.5) is 0 Å². The third-order valence-electron chi connectivity index (χ3n) is 3.48. The molecule has 1 aliphatic rings. The lowest BCUT2D eigenvalue weighted by molar-refractivity contribution is -0.148. The van der Waals surface area contributed by atoms with Gasteiger partial charge in [-0.2, -0.15) is 5.26 Å². The quantitative estimate of drug-likeness (QED) is 0.818. The SMILES string of the molecule is CO[C@H]1CN[C@H](C(C#N)C(=O)OCc2ccccc2)C1. The molecule has 1 heterocycles. The van der Waals surface area contributed by atoms with E-state index in [1.165, 1.54) is 0 Å². The third-order valence-corrected chi connectivity index (χ3v) is 3.48. The van der Waals surface area contributed by atoms with Crippen LogP contribution in [0.15, 0.2) is 30.3 Å². The molecule has 1 N–H and O–H groups in total. The van der Waals surface area contributed by atoms with E-state index in [0.717, 1.165) is 5.56 Å². The largest absolute Gasteiger partial charge is 0.460 e. The minimum atomic E-state index is -0.793. The van der Waals surface area contributed by atoms with Gasteiger partial charge in [0.2, 0.25) is 0 Å². The summed E-state index contributed by atoms with van der Waals surface area (Å²) in [6.07, 6.45) is 0.701. The first kappa shape index (κ1) is 14.5. The second-order valence-electron chi connectivity index (χ2n) is 4.81. The summed E-state index contributed by atoms with van der Waals surface area (Å²) in [4.78, 5) is 12.0. The Morgan fingerprint density at radius 3 is 2.85 bits per heavy atom. The van der Waals surface area contributed by atoms with Crippen LogP contribution in [0.5, 0.6) is 0 Å². The van der Waals surface area contributed by atoms with Crippen LogP contribution in [-0.2, 0) is 20.9 Å². The average molecular weight is 274 g/mol. The van der Waals surface area contributed by atoms with Crippen LogP contribution in [-0.4, -0.2) is 31.8 Å². The number of hydrogen-bond acceptors (Lipinski definition) is 5. The molecule has 0 bridgehead atoms. The van der Waals surface area contributed by atoms with Gasteiger partial charge >= 0.3 is 5.97 Å². The van der Waals surface area contributed by atoms with Gasteiger partial charge in [-0.25, -0.2) is 0 Å². The number of carbonyl (C=O) groups excluding carboxylic acids is 1. The summed E-state index contributed by atoms with van der Waals surface area (Å²) < 4.78 is 10.4. The van der Waals surface area contributed by atoms with E-state index in [1.807, 2.05) is 36.4 Å². The van der Waals surface area contributed by atoms with Crippen LogP contribution in [0.3, 0.4) is 0 Å². The molecule has 1 aromatic carbocycles. The van der Waals surface area contributed by atoms with Gasteiger partial charge in [-0.1, -0.05) is 30.3 Å². The number of carbonyl (C=O) groups is 1. The van der Waals surface area contributed by atoms with Crippen molar-refractivity contribution in [1.82, 2.24) is 5.32 Å². The second kappa shape index (κ2) is 7.04. The number of methoxy groups -OCH3 is 1. The van der Waals surface area contributed by atoms with Crippen molar-refractivity contribution in [3.63, 3.8) is 0 Å². The maximum absolute atomic E-state index is 12.0. The molecule has 3 atom stereocenters. The van der Waals surface area contributed by atoms with Gasteiger partial charge in [0, 0.05) is 19.7 Å². The Hall–Kier alpha value is -1.90. The van der Waals surface area contributed by atoms with E-state index in [1.54, 1.807) is 7.11 Å². The first-order chi connectivity index (χ1) is 9.74. The molecule has 1 fully saturated rings. The van der Waals surface area contributed by atoms with Gasteiger partial charge in [-0.3, -0.25) is 4.79 Å². The molecule has 0 aromatic heterocycles. The second-order valence-corrected chi connectivity index (χ2v) is 4.81. The maximum atomic E-state index is 12.0. The molecule has 5 nitrogen and oxygen atoms in total. The standard InChI is InChI=1S/C15H18N2O3/c1-19-12-7-14(17-9-12)13(8-16)15(18)20-10-11-5-3-2-4-6-11/h2-6,12-14,17H,7,9-10H2,1H3/t12-,13?,14+/m1/s1. The highest BCUT2D eigenvalue weighted by molar-refractivity contribution is 5.76. The minimum Gasteiger partial charge on any atom is -0.460 e. The van der Waals surface area contributed by atoms with Gasteiger partial charge < -0.3 is 14.8 Å². The lowest BCUT2D eigenvalue weighted by atomic mass is 9.99. The third kappa shape index (κ3) is 3.56. The van der Waals surface area contributed by atoms with Crippen LogP contribution in [0.25, 0.3) is 0 Å². The lowest BCUT2D eigenvalue weighted by Gasteiger charge is -2.16. The van der Waals surface area contributed by atoms with Gasteiger partial charge in [0.25, 0.3) is 0 Å². The molecule has 106 valence electrons. The summed E-state index contributed by atoms with van der Waals surface area (Å²) in [5, 5.41) is 12.3. The van der Waals surface area contributed by atoms with Gasteiger partial charge in [-0.15, -0.1) is 0 Å². The molecule has 0 spiro atoms. The Balaban J connectivity index is 1.88. The first-order valence-corrected chi connectivity index (χ1v) is 6.61. The van der Waals surface area contributed by atoms with E-state index >= 15 is 0 Å². The number of benzene rings is 1. The van der Waals surface area contributed by atoms with Crippen molar-refractivity contribution < 1.29 is 14.3 Å². The summed E-state index contributed by atoms with van der Waals surface area (Å²) in [7, 11) is 1.63. The Bertz CT molecular complexity index is 484. The van der Waals surface area contributed by atoms with Gasteiger partial charge in [-0.05, 0) is 12.0 Å². The fourth-order valence-corrected chi connectivity index (χ4v) is 2.29. The zero-order valence-corrected chi connectivity index (χ0v) is 11.4. The number of ether oxygens (including phenoxy) is 2. The fraction of sp³-hybridized carbons (Fsp3) is 0.467. The van der Waals surface area contributed by atoms with Crippen molar-refractivity contribution in [3.8, 4) is 6.07 Å². The molecule has 0 saturated carbocycles. The van der Waals surface area contributed by atoms with Crippen LogP contribution in [0, 0.1) is 17.2 Å². The zero-order valence-electron chi connectivity index (χ0n) is 11.4. The molecule has 2 rings (SSSR count). The van der Waals surface area contributed by atoms with E-state index in [0.29, 0.717) is 13.0 Å². The summed E-state index contributed by atoms with van der Waals surface area (Å²) in [6, 6.07) is 11.3. The Labute approximate surface area is 118 Å². The Morgan fingerprint density at radius 1 is 1.50 bits per heavy atom. The van der Waals surface area contributed by atoms with Gasteiger partial charge in [0.1, 0.15) is 6.61 Å². The van der Waals surface area contributed by atoms with Gasteiger partial charge in [0.15, 0.2) is 5.92 Å². The Kier molecular flexibility index (Phi) is 5.10. The maximum Gasteiger partial charge on any atom is 0.325 e. The average Bonchev–Trinajstić information content (AvgIpc) is 2.96. The van der Waals surface area contributed by atoms with Crippen LogP contribution in [0.1, 0.15) is 12.0 Å². The highest BCUT2D eigenvalue weighted by Crippen LogP contribution is 2.18. The molecule has 20 heavy (non-hydrogen) atoms. The van der Waals surface area contributed by atoms with E-state index in [9.17, 15) is 10.1 Å². The molecule has 0 aliphatic carbocycles.